The van der Waals surface area contributed by atoms with Crippen molar-refractivity contribution in [1.82, 2.24) is 4.90 Å². The van der Waals surface area contributed by atoms with E-state index >= 15 is 0 Å². The number of hydrogen-bond acceptors (Lipinski definition) is 1. The summed E-state index contributed by atoms with van der Waals surface area (Å²) in [5.74, 6) is -0.322. The predicted molar refractivity (Wildman–Crippen MR) is 61.8 cm³/mol. The Morgan fingerprint density at radius 3 is 2.87 bits per heavy atom. The first kappa shape index (κ1) is 12.5. The predicted octanol–water partition coefficient (Wildman–Crippen LogP) is 2.90. The molecule has 0 bridgehead atoms. The van der Waals surface area contributed by atoms with Crippen molar-refractivity contribution < 1.29 is 9.18 Å². The molecule has 0 saturated heterocycles. The van der Waals surface area contributed by atoms with Crippen LogP contribution in [0.1, 0.15) is 10.4 Å². The third kappa shape index (κ3) is 3.18. The van der Waals surface area contributed by atoms with Gasteiger partial charge in [-0.2, -0.15) is 0 Å². The average molecular weight is 295 g/mol. The summed E-state index contributed by atoms with van der Waals surface area (Å²) in [5, 5.41) is 0. The minimum Gasteiger partial charge on any atom is -0.340 e. The highest BCUT2D eigenvalue weighted by molar-refractivity contribution is 9.10. The fourth-order valence-electron chi connectivity index (χ4n) is 1.10. The first-order valence-electron chi connectivity index (χ1n) is 4.32. The van der Waals surface area contributed by atoms with Crippen LogP contribution in [0.25, 0.3) is 0 Å². The van der Waals surface area contributed by atoms with Gasteiger partial charge in [-0.25, -0.2) is 4.39 Å². The second kappa shape index (κ2) is 5.47. The molecule has 1 aromatic rings. The highest BCUT2D eigenvalue weighted by atomic mass is 79.9. The van der Waals surface area contributed by atoms with E-state index in [1.54, 1.807) is 7.05 Å². The van der Waals surface area contributed by atoms with Crippen LogP contribution in [-0.4, -0.2) is 30.3 Å². The van der Waals surface area contributed by atoms with Crippen LogP contribution < -0.4 is 0 Å². The summed E-state index contributed by atoms with van der Waals surface area (Å²) >= 11 is 8.72. The lowest BCUT2D eigenvalue weighted by atomic mass is 10.2. The smallest absolute Gasteiger partial charge is 0.254 e. The molecule has 2 nitrogen and oxygen atoms in total. The molecule has 0 unspecified atom stereocenters. The molecule has 82 valence electrons. The van der Waals surface area contributed by atoms with Crippen molar-refractivity contribution >= 4 is 33.4 Å². The summed E-state index contributed by atoms with van der Waals surface area (Å²) in [6.45, 7) is 0.434. The highest BCUT2D eigenvalue weighted by Crippen LogP contribution is 2.19. The molecule has 0 spiro atoms. The molecule has 0 radical (unpaired) electrons. The highest BCUT2D eigenvalue weighted by Gasteiger charge is 2.14. The van der Waals surface area contributed by atoms with E-state index in [0.29, 0.717) is 22.5 Å². The molecule has 0 fully saturated rings. The molecule has 0 aromatic heterocycles. The summed E-state index contributed by atoms with van der Waals surface area (Å²) < 4.78 is 13.5. The summed E-state index contributed by atoms with van der Waals surface area (Å²) in [6.07, 6.45) is 0. The molecule has 1 aromatic carbocycles. The van der Waals surface area contributed by atoms with Gasteiger partial charge in [0.2, 0.25) is 0 Å². The molecule has 0 atom stereocenters. The lowest BCUT2D eigenvalue weighted by Gasteiger charge is -2.16. The first-order chi connectivity index (χ1) is 7.06. The topological polar surface area (TPSA) is 20.3 Å². The van der Waals surface area contributed by atoms with E-state index < -0.39 is 5.82 Å². The molecule has 0 aliphatic rings. The van der Waals surface area contributed by atoms with Crippen LogP contribution in [0.5, 0.6) is 0 Å². The van der Waals surface area contributed by atoms with Crippen LogP contribution in [0.4, 0.5) is 4.39 Å². The molecule has 5 heteroatoms. The maximum absolute atomic E-state index is 12.9. The van der Waals surface area contributed by atoms with Crippen molar-refractivity contribution in [2.75, 3.05) is 19.5 Å². The summed E-state index contributed by atoms with van der Waals surface area (Å²) in [6, 6.07) is 4.01. The zero-order chi connectivity index (χ0) is 11.4. The quantitative estimate of drug-likeness (QED) is 0.785. The maximum atomic E-state index is 12.9. The number of carbonyl (C=O) groups is 1. The van der Waals surface area contributed by atoms with Gasteiger partial charge in [0, 0.05) is 23.9 Å². The number of alkyl halides is 1. The van der Waals surface area contributed by atoms with E-state index in [1.165, 1.54) is 23.1 Å². The van der Waals surface area contributed by atoms with E-state index in [2.05, 4.69) is 15.9 Å². The molecule has 0 N–H and O–H groups in total. The van der Waals surface area contributed by atoms with Gasteiger partial charge in [0.05, 0.1) is 5.56 Å². The Balaban J connectivity index is 2.95. The van der Waals surface area contributed by atoms with E-state index in [9.17, 15) is 9.18 Å². The number of hydrogen-bond donors (Lipinski definition) is 0. The normalized spacial score (nSPS) is 10.1. The largest absolute Gasteiger partial charge is 0.340 e. The van der Waals surface area contributed by atoms with Gasteiger partial charge >= 0.3 is 0 Å². The lowest BCUT2D eigenvalue weighted by Crippen LogP contribution is -2.28. The van der Waals surface area contributed by atoms with Crippen molar-refractivity contribution in [3.05, 3.63) is 34.1 Å². The Hall–Kier alpha value is -0.610. The molecule has 0 saturated carbocycles. The molecule has 0 heterocycles. The van der Waals surface area contributed by atoms with Gasteiger partial charge < -0.3 is 4.90 Å². The van der Waals surface area contributed by atoms with Crippen molar-refractivity contribution in [1.29, 1.82) is 0 Å². The molecule has 0 aliphatic heterocycles. The van der Waals surface area contributed by atoms with Gasteiger partial charge in [0.1, 0.15) is 5.82 Å². The lowest BCUT2D eigenvalue weighted by molar-refractivity contribution is 0.0802. The van der Waals surface area contributed by atoms with Crippen molar-refractivity contribution in [3.8, 4) is 0 Å². The molecular formula is C10H10BrClFNO. The van der Waals surface area contributed by atoms with Gasteiger partial charge in [-0.15, -0.1) is 11.6 Å². The molecule has 15 heavy (non-hydrogen) atoms. The van der Waals surface area contributed by atoms with Crippen LogP contribution in [0, 0.1) is 5.82 Å². The van der Waals surface area contributed by atoms with Gasteiger partial charge in [0.15, 0.2) is 0 Å². The Labute approximate surface area is 101 Å². The monoisotopic (exact) mass is 293 g/mol. The van der Waals surface area contributed by atoms with E-state index in [1.807, 2.05) is 0 Å². The second-order valence-electron chi connectivity index (χ2n) is 3.04. The number of benzene rings is 1. The zero-order valence-corrected chi connectivity index (χ0v) is 10.5. The third-order valence-electron chi connectivity index (χ3n) is 1.93. The molecule has 0 aliphatic carbocycles. The van der Waals surface area contributed by atoms with Crippen LogP contribution in [0.3, 0.4) is 0 Å². The minimum atomic E-state index is -0.430. The minimum absolute atomic E-state index is 0.248. The molecule has 1 amide bonds. The van der Waals surface area contributed by atoms with Crippen LogP contribution in [0.15, 0.2) is 22.7 Å². The Morgan fingerprint density at radius 1 is 1.60 bits per heavy atom. The molecular weight excluding hydrogens is 284 g/mol. The first-order valence-corrected chi connectivity index (χ1v) is 5.65. The maximum Gasteiger partial charge on any atom is 0.254 e. The Bertz CT molecular complexity index is 372. The fraction of sp³-hybridized carbons (Fsp3) is 0.300. The third-order valence-corrected chi connectivity index (χ3v) is 2.79. The number of amides is 1. The number of nitrogens with zero attached hydrogens (tertiary/aromatic N) is 1. The van der Waals surface area contributed by atoms with Gasteiger partial charge in [-0.3, -0.25) is 4.79 Å². The Kier molecular flexibility index (Phi) is 4.54. The van der Waals surface area contributed by atoms with Gasteiger partial charge in [0.25, 0.3) is 5.91 Å². The van der Waals surface area contributed by atoms with Crippen LogP contribution >= 0.6 is 27.5 Å². The SMILES string of the molecule is CN(CCCl)C(=O)c1cc(F)ccc1Br. The second-order valence-corrected chi connectivity index (χ2v) is 4.27. The van der Waals surface area contributed by atoms with Crippen LogP contribution in [-0.2, 0) is 0 Å². The zero-order valence-electron chi connectivity index (χ0n) is 8.14. The van der Waals surface area contributed by atoms with Crippen molar-refractivity contribution in [3.63, 3.8) is 0 Å². The average Bonchev–Trinajstić information content (AvgIpc) is 2.21. The van der Waals surface area contributed by atoms with Gasteiger partial charge in [-0.05, 0) is 34.1 Å². The van der Waals surface area contributed by atoms with Crippen molar-refractivity contribution in [2.24, 2.45) is 0 Å². The summed E-state index contributed by atoms with van der Waals surface area (Å²) in [4.78, 5) is 13.2. The number of rotatable bonds is 3. The van der Waals surface area contributed by atoms with E-state index in [4.69, 9.17) is 11.6 Å². The van der Waals surface area contributed by atoms with Crippen molar-refractivity contribution in [2.45, 2.75) is 0 Å². The van der Waals surface area contributed by atoms with Gasteiger partial charge in [-0.1, -0.05) is 0 Å². The standard InChI is InChI=1S/C10H10BrClFNO/c1-14(5-4-12)10(15)8-6-7(13)2-3-9(8)11/h2-3,6H,4-5H2,1H3. The fourth-order valence-corrected chi connectivity index (χ4v) is 1.77. The van der Waals surface area contributed by atoms with Crippen LogP contribution in [0.2, 0.25) is 0 Å². The molecule has 1 rings (SSSR count). The summed E-state index contributed by atoms with van der Waals surface area (Å²) in [7, 11) is 1.63. The number of carbonyl (C=O) groups excluding carboxylic acids is 1. The summed E-state index contributed by atoms with van der Waals surface area (Å²) in [5.41, 5.74) is 0.308. The van der Waals surface area contributed by atoms with E-state index in [0.717, 1.165) is 0 Å². The van der Waals surface area contributed by atoms with E-state index in [-0.39, 0.29) is 5.91 Å². The number of halogens is 3. The Morgan fingerprint density at radius 2 is 2.27 bits per heavy atom.